The van der Waals surface area contributed by atoms with Gasteiger partial charge in [0.05, 0.1) is 17.3 Å². The average molecular weight is 663 g/mol. The predicted octanol–water partition coefficient (Wildman–Crippen LogP) is 9.15. The molecule has 2 saturated carbocycles. The van der Waals surface area contributed by atoms with E-state index in [0.29, 0.717) is 37.7 Å². The Morgan fingerprint density at radius 3 is 2.17 bits per heavy atom. The first-order valence-corrected chi connectivity index (χ1v) is 17.7. The Balaban J connectivity index is 1.46. The van der Waals surface area contributed by atoms with Crippen molar-refractivity contribution in [3.63, 3.8) is 0 Å². The number of hydrogen-bond acceptors (Lipinski definition) is 6. The number of fused-ring (bicyclic) bond motifs is 1. The van der Waals surface area contributed by atoms with Crippen LogP contribution in [0.25, 0.3) is 0 Å². The molecule has 266 valence electrons. The van der Waals surface area contributed by atoms with Gasteiger partial charge in [0.2, 0.25) is 0 Å². The third-order valence-electron chi connectivity index (χ3n) is 10.7. The number of ketones is 1. The van der Waals surface area contributed by atoms with Gasteiger partial charge in [0.25, 0.3) is 0 Å². The van der Waals surface area contributed by atoms with E-state index in [4.69, 9.17) is 9.47 Å². The molecule has 0 unspecified atom stereocenters. The molecule has 0 aromatic rings. The van der Waals surface area contributed by atoms with E-state index in [2.05, 4.69) is 71.9 Å². The molecular formula is C42H62O6. The van der Waals surface area contributed by atoms with E-state index >= 15 is 0 Å². The molecule has 0 spiro atoms. The molecular weight excluding hydrogens is 600 g/mol. The molecule has 1 saturated heterocycles. The van der Waals surface area contributed by atoms with Gasteiger partial charge in [-0.25, -0.2) is 0 Å². The molecule has 5 atom stereocenters. The quantitative estimate of drug-likeness (QED) is 0.0671. The van der Waals surface area contributed by atoms with Crippen LogP contribution in [0.1, 0.15) is 128 Å². The normalized spacial score (nSPS) is 33.3. The van der Waals surface area contributed by atoms with Crippen molar-refractivity contribution in [1.29, 1.82) is 0 Å². The van der Waals surface area contributed by atoms with Crippen LogP contribution in [0.3, 0.4) is 0 Å². The van der Waals surface area contributed by atoms with Crippen LogP contribution >= 0.6 is 0 Å². The van der Waals surface area contributed by atoms with Crippen LogP contribution in [0.4, 0.5) is 0 Å². The highest BCUT2D eigenvalue weighted by Gasteiger charge is 2.76. The minimum atomic E-state index is -1.00. The van der Waals surface area contributed by atoms with Gasteiger partial charge in [-0.05, 0) is 95.6 Å². The SMILES string of the molecule is CC(=O)O[C@H]1CC(C)(C)C(=CC/C(C)=C/CC\C(C)=C/C=C\C=C(C)/C=C\C=C(/C)C(=O)C[C@@]23O[C@]2(C)C[C@@H](O)CC3(C)C)[C@](C)(O)C1. The van der Waals surface area contributed by atoms with Crippen LogP contribution in [0.2, 0.25) is 0 Å². The molecule has 2 aliphatic carbocycles. The highest BCUT2D eigenvalue weighted by molar-refractivity contribution is 5.96. The molecule has 3 fully saturated rings. The number of aliphatic hydroxyl groups excluding tert-OH is 1. The number of hydrogen-bond donors (Lipinski definition) is 2. The van der Waals surface area contributed by atoms with Crippen molar-refractivity contribution in [1.82, 2.24) is 0 Å². The zero-order valence-electron chi connectivity index (χ0n) is 31.5. The smallest absolute Gasteiger partial charge is 0.302 e. The Morgan fingerprint density at radius 1 is 0.875 bits per heavy atom. The number of carbonyl (C=O) groups is 2. The standard InChI is InChI=1S/C42H62O6/c1-29(18-14-19-31(3)22-23-37-38(6,7)26-35(47-33(5)43)27-40(37,10)46)16-12-13-17-30(2)20-15-21-32(4)36(45)28-42-39(8,9)24-34(44)25-41(42,11)48-42/h12-13,15-17,19-21,23,34-35,44,46H,14,18,22,24-28H2,1-11H3/b13-12-,20-15-,29-16-,30-17-,31-19+,32-21+,37-23?/t34-,35-,40+,41+,42-/m0/s1. The van der Waals surface area contributed by atoms with E-state index in [-0.39, 0.29) is 34.8 Å². The summed E-state index contributed by atoms with van der Waals surface area (Å²) in [7, 11) is 0. The zero-order valence-corrected chi connectivity index (χ0v) is 31.5. The number of Topliss-reactive ketones (excluding diaryl/α,β-unsaturated/α-hetero) is 1. The summed E-state index contributed by atoms with van der Waals surface area (Å²) in [5.74, 6) is -0.209. The molecule has 6 heteroatoms. The molecule has 0 radical (unpaired) electrons. The Kier molecular flexibility index (Phi) is 12.7. The fourth-order valence-corrected chi connectivity index (χ4v) is 8.27. The van der Waals surface area contributed by atoms with Crippen molar-refractivity contribution in [2.24, 2.45) is 10.8 Å². The van der Waals surface area contributed by atoms with Crippen molar-refractivity contribution >= 4 is 11.8 Å². The van der Waals surface area contributed by atoms with Gasteiger partial charge in [-0.1, -0.05) is 99.1 Å². The minimum Gasteiger partial charge on any atom is -0.462 e. The summed E-state index contributed by atoms with van der Waals surface area (Å²) in [4.78, 5) is 24.6. The molecule has 0 amide bonds. The van der Waals surface area contributed by atoms with Crippen molar-refractivity contribution in [2.75, 3.05) is 0 Å². The Hall–Kier alpha value is -2.80. The topological polar surface area (TPSA) is 96.4 Å². The summed E-state index contributed by atoms with van der Waals surface area (Å²) in [5.41, 5.74) is 2.95. The van der Waals surface area contributed by atoms with Crippen LogP contribution in [0, 0.1) is 10.8 Å². The lowest BCUT2D eigenvalue weighted by atomic mass is 9.61. The number of epoxide rings is 1. The van der Waals surface area contributed by atoms with Gasteiger partial charge < -0.3 is 19.7 Å². The molecule has 6 nitrogen and oxygen atoms in total. The molecule has 3 aliphatic rings. The van der Waals surface area contributed by atoms with E-state index in [0.717, 1.165) is 30.4 Å². The third-order valence-corrected chi connectivity index (χ3v) is 10.7. The van der Waals surface area contributed by atoms with Crippen LogP contribution in [-0.2, 0) is 19.1 Å². The predicted molar refractivity (Wildman–Crippen MR) is 195 cm³/mol. The lowest BCUT2D eigenvalue weighted by Crippen LogP contribution is -2.48. The molecule has 2 N–H and O–H groups in total. The minimum absolute atomic E-state index is 0.0917. The van der Waals surface area contributed by atoms with Gasteiger partial charge in [0, 0.05) is 26.2 Å². The first-order valence-electron chi connectivity index (χ1n) is 17.7. The highest BCUT2D eigenvalue weighted by atomic mass is 16.6. The molecule has 1 aliphatic heterocycles. The first-order chi connectivity index (χ1) is 22.1. The second kappa shape index (κ2) is 15.4. The van der Waals surface area contributed by atoms with Crippen molar-refractivity contribution in [3.05, 3.63) is 82.5 Å². The summed E-state index contributed by atoms with van der Waals surface area (Å²) in [6, 6.07) is 0. The van der Waals surface area contributed by atoms with E-state index in [9.17, 15) is 19.8 Å². The van der Waals surface area contributed by atoms with Gasteiger partial charge in [-0.2, -0.15) is 0 Å². The number of ether oxygens (including phenoxy) is 2. The maximum absolute atomic E-state index is 13.1. The van der Waals surface area contributed by atoms with Gasteiger partial charge in [0.15, 0.2) is 5.78 Å². The maximum atomic E-state index is 13.1. The molecule has 3 rings (SSSR count). The number of carbonyl (C=O) groups excluding carboxylic acids is 2. The summed E-state index contributed by atoms with van der Waals surface area (Å²) in [5, 5.41) is 21.5. The van der Waals surface area contributed by atoms with E-state index in [1.807, 2.05) is 52.0 Å². The molecule has 1 heterocycles. The van der Waals surface area contributed by atoms with Crippen LogP contribution in [0.15, 0.2) is 82.5 Å². The second-order valence-electron chi connectivity index (χ2n) is 16.4. The lowest BCUT2D eigenvalue weighted by Gasteiger charge is -2.46. The van der Waals surface area contributed by atoms with Crippen molar-refractivity contribution in [3.8, 4) is 0 Å². The number of esters is 1. The first kappa shape index (κ1) is 39.6. The van der Waals surface area contributed by atoms with Crippen LogP contribution in [-0.4, -0.2) is 51.0 Å². The summed E-state index contributed by atoms with van der Waals surface area (Å²) >= 11 is 0. The number of aliphatic hydroxyl groups is 2. The third kappa shape index (κ3) is 9.89. The summed E-state index contributed by atoms with van der Waals surface area (Å²) in [6.07, 6.45) is 23.3. The largest absolute Gasteiger partial charge is 0.462 e. The molecule has 48 heavy (non-hydrogen) atoms. The summed E-state index contributed by atoms with van der Waals surface area (Å²) < 4.78 is 11.6. The highest BCUT2D eigenvalue weighted by Crippen LogP contribution is 2.67. The van der Waals surface area contributed by atoms with Gasteiger partial charge >= 0.3 is 5.97 Å². The second-order valence-corrected chi connectivity index (χ2v) is 16.4. The molecule has 0 bridgehead atoms. The van der Waals surface area contributed by atoms with E-state index in [1.165, 1.54) is 18.1 Å². The van der Waals surface area contributed by atoms with E-state index < -0.39 is 16.8 Å². The monoisotopic (exact) mass is 662 g/mol. The fourth-order valence-electron chi connectivity index (χ4n) is 8.27. The van der Waals surface area contributed by atoms with E-state index in [1.54, 1.807) is 0 Å². The maximum Gasteiger partial charge on any atom is 0.302 e. The van der Waals surface area contributed by atoms with Crippen LogP contribution < -0.4 is 0 Å². The van der Waals surface area contributed by atoms with Gasteiger partial charge in [-0.3, -0.25) is 9.59 Å². The summed E-state index contributed by atoms with van der Waals surface area (Å²) in [6.45, 7) is 21.9. The zero-order chi connectivity index (χ0) is 36.1. The Morgan fingerprint density at radius 2 is 1.54 bits per heavy atom. The lowest BCUT2D eigenvalue weighted by molar-refractivity contribution is -0.152. The Bertz CT molecular complexity index is 1410. The Labute approximate surface area is 290 Å². The molecule has 0 aromatic carbocycles. The number of allylic oxidation sites excluding steroid dienone is 13. The fraction of sp³-hybridized carbons (Fsp3) is 0.619. The van der Waals surface area contributed by atoms with Crippen molar-refractivity contribution < 1.29 is 29.3 Å². The average Bonchev–Trinajstić information content (AvgIpc) is 3.53. The van der Waals surface area contributed by atoms with Gasteiger partial charge in [0.1, 0.15) is 11.7 Å². The van der Waals surface area contributed by atoms with Crippen LogP contribution in [0.5, 0.6) is 0 Å². The van der Waals surface area contributed by atoms with Crippen molar-refractivity contribution in [2.45, 2.75) is 157 Å². The number of rotatable bonds is 13. The van der Waals surface area contributed by atoms with Gasteiger partial charge in [-0.15, -0.1) is 0 Å². The molecule has 0 aromatic heterocycles.